The normalized spacial score (nSPS) is 23.4. The van der Waals surface area contributed by atoms with E-state index in [2.05, 4.69) is 0 Å². The first-order valence-corrected chi connectivity index (χ1v) is 15.3. The minimum absolute atomic E-state index is 0.0721. The van der Waals surface area contributed by atoms with Gasteiger partial charge in [0.25, 0.3) is 11.8 Å². The number of carbonyl (C=O) groups is 2. The van der Waals surface area contributed by atoms with Gasteiger partial charge >= 0.3 is 0 Å². The summed E-state index contributed by atoms with van der Waals surface area (Å²) in [7, 11) is -4.07. The lowest BCUT2D eigenvalue weighted by Gasteiger charge is -2.23. The Morgan fingerprint density at radius 1 is 0.975 bits per heavy atom. The van der Waals surface area contributed by atoms with Crippen LogP contribution < -0.4 is 9.88 Å². The number of pyridine rings is 1. The van der Waals surface area contributed by atoms with Crippen molar-refractivity contribution >= 4 is 21.8 Å². The molecule has 4 fully saturated rings. The van der Waals surface area contributed by atoms with Gasteiger partial charge in [0.05, 0.1) is 17.1 Å². The van der Waals surface area contributed by atoms with Crippen LogP contribution in [0.25, 0.3) is 0 Å². The fourth-order valence-electron chi connectivity index (χ4n) is 5.95. The van der Waals surface area contributed by atoms with Crippen molar-refractivity contribution in [2.24, 2.45) is 22.9 Å². The molecule has 10 nitrogen and oxygen atoms in total. The number of nitrogens with zero attached hydrogens (tertiary/aromatic N) is 3. The van der Waals surface area contributed by atoms with Crippen LogP contribution in [0.4, 0.5) is 4.39 Å². The van der Waals surface area contributed by atoms with E-state index in [1.165, 1.54) is 0 Å². The number of ether oxygens (including phenoxy) is 2. The monoisotopic (exact) mass is 572 g/mol. The minimum atomic E-state index is -4.07. The number of likely N-dealkylation sites (tertiary alicyclic amines) is 2. The summed E-state index contributed by atoms with van der Waals surface area (Å²) in [5, 5.41) is 5.06. The summed E-state index contributed by atoms with van der Waals surface area (Å²) >= 11 is 0. The van der Waals surface area contributed by atoms with Gasteiger partial charge in [0.1, 0.15) is 5.82 Å². The summed E-state index contributed by atoms with van der Waals surface area (Å²) in [6, 6.07) is 6.69. The first-order valence-electron chi connectivity index (χ1n) is 13.8. The van der Waals surface area contributed by atoms with Crippen molar-refractivity contribution < 1.29 is 31.9 Å². The zero-order valence-corrected chi connectivity index (χ0v) is 22.9. The van der Waals surface area contributed by atoms with Crippen LogP contribution in [0.5, 0.6) is 5.88 Å². The van der Waals surface area contributed by atoms with Gasteiger partial charge in [0.15, 0.2) is 0 Å². The third kappa shape index (κ3) is 5.70. The molecule has 12 heteroatoms. The van der Waals surface area contributed by atoms with Crippen molar-refractivity contribution in [3.05, 3.63) is 53.0 Å². The Balaban J connectivity index is 1.10. The molecule has 4 aliphatic rings. The van der Waals surface area contributed by atoms with Crippen LogP contribution in [-0.4, -0.2) is 81.0 Å². The summed E-state index contributed by atoms with van der Waals surface area (Å²) < 4.78 is 49.0. The molecule has 40 heavy (non-hydrogen) atoms. The maximum Gasteiger partial charge on any atom is 0.256 e. The van der Waals surface area contributed by atoms with Crippen LogP contribution in [0.3, 0.4) is 0 Å². The predicted octanol–water partition coefficient (Wildman–Crippen LogP) is 2.40. The first kappa shape index (κ1) is 27.1. The molecule has 0 bridgehead atoms. The van der Waals surface area contributed by atoms with Crippen molar-refractivity contribution in [3.63, 3.8) is 0 Å². The SMILES string of the molecule is NS(=O)(=O)c1ccc(C(=O)N2CC3CN(C(=O)c4cc(OCC5CCOCC5)nc(C5CC5)c4)CC3C2)c(F)c1. The van der Waals surface area contributed by atoms with Crippen molar-refractivity contribution in [1.82, 2.24) is 14.8 Å². The number of amides is 2. The molecular weight excluding hydrogens is 539 g/mol. The van der Waals surface area contributed by atoms with E-state index in [-0.39, 0.29) is 28.2 Å². The first-order chi connectivity index (χ1) is 19.2. The molecule has 1 aromatic heterocycles. The van der Waals surface area contributed by atoms with Crippen molar-refractivity contribution in [3.8, 4) is 5.88 Å². The molecule has 2 atom stereocenters. The topological polar surface area (TPSA) is 132 Å². The lowest BCUT2D eigenvalue weighted by atomic mass is 10.0. The molecule has 214 valence electrons. The van der Waals surface area contributed by atoms with E-state index in [0.717, 1.165) is 62.8 Å². The Hall–Kier alpha value is -3.09. The van der Waals surface area contributed by atoms with Crippen molar-refractivity contribution in [2.75, 3.05) is 46.0 Å². The zero-order chi connectivity index (χ0) is 28.0. The lowest BCUT2D eigenvalue weighted by molar-refractivity contribution is 0.0490. The number of aromatic nitrogens is 1. The maximum atomic E-state index is 14.6. The molecule has 1 aliphatic carbocycles. The number of benzene rings is 1. The lowest BCUT2D eigenvalue weighted by Crippen LogP contribution is -2.36. The summed E-state index contributed by atoms with van der Waals surface area (Å²) in [5.74, 6) is -0.0620. The van der Waals surface area contributed by atoms with Gasteiger partial charge in [-0.25, -0.2) is 22.9 Å². The number of primary sulfonamides is 1. The van der Waals surface area contributed by atoms with Crippen LogP contribution in [0.1, 0.15) is 58.0 Å². The molecule has 0 radical (unpaired) electrons. The quantitative estimate of drug-likeness (QED) is 0.539. The molecule has 2 unspecified atom stereocenters. The Bertz CT molecular complexity index is 1410. The van der Waals surface area contributed by atoms with E-state index in [1.54, 1.807) is 11.0 Å². The zero-order valence-electron chi connectivity index (χ0n) is 22.1. The third-order valence-corrected chi connectivity index (χ3v) is 9.34. The van der Waals surface area contributed by atoms with Gasteiger partial charge in [-0.15, -0.1) is 0 Å². The highest BCUT2D eigenvalue weighted by atomic mass is 32.2. The Labute approximate surface area is 232 Å². The summed E-state index contributed by atoms with van der Waals surface area (Å²) in [5.41, 5.74) is 1.28. The van der Waals surface area contributed by atoms with Gasteiger partial charge in [0.2, 0.25) is 15.9 Å². The molecule has 2 amide bonds. The second kappa shape index (κ2) is 10.7. The van der Waals surface area contributed by atoms with Gasteiger partial charge in [-0.2, -0.15) is 0 Å². The molecule has 3 saturated heterocycles. The Kier molecular flexibility index (Phi) is 7.26. The average molecular weight is 573 g/mol. The van der Waals surface area contributed by atoms with E-state index in [1.807, 2.05) is 11.0 Å². The second-order valence-electron chi connectivity index (χ2n) is 11.4. The smallest absolute Gasteiger partial charge is 0.256 e. The van der Waals surface area contributed by atoms with E-state index in [9.17, 15) is 22.4 Å². The second-order valence-corrected chi connectivity index (χ2v) is 12.9. The Morgan fingerprint density at radius 2 is 1.62 bits per heavy atom. The fourth-order valence-corrected chi connectivity index (χ4v) is 6.48. The standard InChI is InChI=1S/C28H33FN4O6S/c29-24-11-22(40(30,36)37)3-4-23(24)28(35)33-14-20-12-32(13-21(20)15-33)27(34)19-9-25(18-1-2-18)31-26(10-19)39-16-17-5-7-38-8-6-17/h3-4,9-11,17-18,20-21H,1-2,5-8,12-16H2,(H2,30,36,37). The van der Waals surface area contributed by atoms with Crippen LogP contribution in [0, 0.1) is 23.6 Å². The number of fused-ring (bicyclic) bond motifs is 1. The van der Waals surface area contributed by atoms with E-state index in [0.29, 0.717) is 56.1 Å². The molecule has 2 N–H and O–H groups in total. The van der Waals surface area contributed by atoms with Gasteiger partial charge in [-0.3, -0.25) is 9.59 Å². The average Bonchev–Trinajstić information content (AvgIpc) is 3.60. The molecule has 4 heterocycles. The highest BCUT2D eigenvalue weighted by Crippen LogP contribution is 2.40. The molecule has 6 rings (SSSR count). The number of rotatable bonds is 7. The van der Waals surface area contributed by atoms with Gasteiger partial charge < -0.3 is 19.3 Å². The number of hydrogen-bond donors (Lipinski definition) is 1. The summed E-state index contributed by atoms with van der Waals surface area (Å²) in [6.07, 6.45) is 4.04. The van der Waals surface area contributed by atoms with Gasteiger partial charge in [0, 0.05) is 74.5 Å². The van der Waals surface area contributed by atoms with Crippen molar-refractivity contribution in [1.29, 1.82) is 0 Å². The highest BCUT2D eigenvalue weighted by molar-refractivity contribution is 7.89. The summed E-state index contributed by atoms with van der Waals surface area (Å²) in [4.78, 5) is 34.3. The molecule has 3 aliphatic heterocycles. The maximum absolute atomic E-state index is 14.6. The van der Waals surface area contributed by atoms with E-state index < -0.39 is 21.7 Å². The fraction of sp³-hybridized carbons (Fsp3) is 0.536. The van der Waals surface area contributed by atoms with Gasteiger partial charge in [-0.1, -0.05) is 0 Å². The number of sulfonamides is 1. The van der Waals surface area contributed by atoms with Crippen LogP contribution in [0.2, 0.25) is 0 Å². The van der Waals surface area contributed by atoms with Crippen LogP contribution in [0.15, 0.2) is 35.2 Å². The largest absolute Gasteiger partial charge is 0.477 e. The Morgan fingerprint density at radius 3 is 2.23 bits per heavy atom. The van der Waals surface area contributed by atoms with E-state index >= 15 is 0 Å². The molecule has 1 aromatic carbocycles. The molecule has 2 aromatic rings. The van der Waals surface area contributed by atoms with Crippen molar-refractivity contribution in [2.45, 2.75) is 36.5 Å². The number of nitrogens with two attached hydrogens (primary N) is 1. The number of halogens is 1. The molecular formula is C28H33FN4O6S. The summed E-state index contributed by atoms with van der Waals surface area (Å²) in [6.45, 7) is 3.83. The third-order valence-electron chi connectivity index (χ3n) is 8.43. The van der Waals surface area contributed by atoms with Crippen LogP contribution >= 0.6 is 0 Å². The number of carbonyl (C=O) groups excluding carboxylic acids is 2. The van der Waals surface area contributed by atoms with Gasteiger partial charge in [-0.05, 0) is 55.9 Å². The number of hydrogen-bond acceptors (Lipinski definition) is 7. The predicted molar refractivity (Wildman–Crippen MR) is 142 cm³/mol. The van der Waals surface area contributed by atoms with Crippen LogP contribution in [-0.2, 0) is 14.8 Å². The van der Waals surface area contributed by atoms with E-state index in [4.69, 9.17) is 19.6 Å². The molecule has 0 spiro atoms. The molecule has 1 saturated carbocycles. The minimum Gasteiger partial charge on any atom is -0.477 e. The highest BCUT2D eigenvalue weighted by Gasteiger charge is 2.44.